The topological polar surface area (TPSA) is 67.2 Å². The average Bonchev–Trinajstić information content (AvgIpc) is 3.29. The Balaban J connectivity index is 1.55. The van der Waals surface area contributed by atoms with Crippen molar-refractivity contribution in [2.45, 2.75) is 13.3 Å². The molecule has 4 rings (SSSR count). The van der Waals surface area contributed by atoms with Crippen LogP contribution in [0, 0.1) is 6.92 Å². The predicted molar refractivity (Wildman–Crippen MR) is 104 cm³/mol. The van der Waals surface area contributed by atoms with E-state index in [-0.39, 0.29) is 11.8 Å². The van der Waals surface area contributed by atoms with Crippen molar-refractivity contribution in [2.24, 2.45) is 7.05 Å². The van der Waals surface area contributed by atoms with Gasteiger partial charge in [-0.2, -0.15) is 5.10 Å². The Morgan fingerprint density at radius 3 is 2.67 bits per heavy atom. The number of carbonyl (C=O) groups is 2. The Morgan fingerprint density at radius 2 is 1.93 bits per heavy atom. The summed E-state index contributed by atoms with van der Waals surface area (Å²) in [6, 6.07) is 15.0. The molecule has 2 amide bonds. The average molecular weight is 360 g/mol. The monoisotopic (exact) mass is 360 g/mol. The molecule has 0 unspecified atom stereocenters. The van der Waals surface area contributed by atoms with E-state index in [0.717, 1.165) is 17.7 Å². The molecule has 2 aromatic carbocycles. The molecule has 0 atom stereocenters. The van der Waals surface area contributed by atoms with Crippen LogP contribution in [0.5, 0.6) is 0 Å². The van der Waals surface area contributed by atoms with E-state index < -0.39 is 0 Å². The van der Waals surface area contributed by atoms with Gasteiger partial charge in [0.15, 0.2) is 0 Å². The van der Waals surface area contributed by atoms with Crippen LogP contribution < -0.4 is 10.2 Å². The summed E-state index contributed by atoms with van der Waals surface area (Å²) in [7, 11) is 1.72. The third-order valence-electron chi connectivity index (χ3n) is 4.91. The summed E-state index contributed by atoms with van der Waals surface area (Å²) in [5.74, 6) is -0.252. The number of aromatic nitrogens is 2. The Morgan fingerprint density at radius 1 is 1.11 bits per heavy atom. The molecule has 1 aliphatic heterocycles. The molecule has 0 saturated carbocycles. The molecule has 1 aromatic heterocycles. The van der Waals surface area contributed by atoms with E-state index in [9.17, 15) is 9.59 Å². The van der Waals surface area contributed by atoms with Gasteiger partial charge in [-0.25, -0.2) is 0 Å². The van der Waals surface area contributed by atoms with Crippen molar-refractivity contribution in [1.29, 1.82) is 0 Å². The van der Waals surface area contributed by atoms with Crippen molar-refractivity contribution in [3.8, 4) is 0 Å². The first kappa shape index (κ1) is 17.0. The SMILES string of the molecule is Cc1cc(C(=O)N2CCc3ccccc32)ccc1NC(=O)c1ccnn1C. The van der Waals surface area contributed by atoms with Gasteiger partial charge < -0.3 is 10.2 Å². The maximum atomic E-state index is 13.0. The fourth-order valence-corrected chi connectivity index (χ4v) is 3.42. The molecule has 6 heteroatoms. The smallest absolute Gasteiger partial charge is 0.273 e. The lowest BCUT2D eigenvalue weighted by Crippen LogP contribution is -2.29. The molecule has 1 N–H and O–H groups in total. The highest BCUT2D eigenvalue weighted by Gasteiger charge is 2.25. The van der Waals surface area contributed by atoms with E-state index in [0.29, 0.717) is 23.5 Å². The lowest BCUT2D eigenvalue weighted by molar-refractivity contribution is 0.0987. The molecule has 3 aromatic rings. The molecule has 0 radical (unpaired) electrons. The highest BCUT2D eigenvalue weighted by Crippen LogP contribution is 2.29. The Hall–Kier alpha value is -3.41. The first-order chi connectivity index (χ1) is 13.0. The van der Waals surface area contributed by atoms with Crippen LogP contribution in [0.2, 0.25) is 0 Å². The number of anilines is 2. The molecule has 136 valence electrons. The van der Waals surface area contributed by atoms with Crippen molar-refractivity contribution in [3.05, 3.63) is 77.1 Å². The Labute approximate surface area is 157 Å². The quantitative estimate of drug-likeness (QED) is 0.780. The molecule has 6 nitrogen and oxygen atoms in total. The number of carbonyl (C=O) groups excluding carboxylic acids is 2. The molecular formula is C21H20N4O2. The fraction of sp³-hybridized carbons (Fsp3) is 0.190. The zero-order valence-electron chi connectivity index (χ0n) is 15.3. The van der Waals surface area contributed by atoms with Gasteiger partial charge in [0.2, 0.25) is 0 Å². The van der Waals surface area contributed by atoms with Crippen molar-refractivity contribution < 1.29 is 9.59 Å². The molecule has 0 spiro atoms. The van der Waals surface area contributed by atoms with E-state index in [1.165, 1.54) is 10.2 Å². The third-order valence-corrected chi connectivity index (χ3v) is 4.91. The summed E-state index contributed by atoms with van der Waals surface area (Å²) in [5, 5.41) is 6.89. The van der Waals surface area contributed by atoms with E-state index in [4.69, 9.17) is 0 Å². The van der Waals surface area contributed by atoms with Crippen molar-refractivity contribution in [1.82, 2.24) is 9.78 Å². The number of aryl methyl sites for hydroxylation is 2. The van der Waals surface area contributed by atoms with Crippen molar-refractivity contribution in [2.75, 3.05) is 16.8 Å². The number of benzene rings is 2. The number of rotatable bonds is 3. The van der Waals surface area contributed by atoms with Crippen LogP contribution in [0.3, 0.4) is 0 Å². The van der Waals surface area contributed by atoms with Gasteiger partial charge in [-0.3, -0.25) is 14.3 Å². The summed E-state index contributed by atoms with van der Waals surface area (Å²) in [6.07, 6.45) is 2.46. The summed E-state index contributed by atoms with van der Waals surface area (Å²) >= 11 is 0. The van der Waals surface area contributed by atoms with Gasteiger partial charge in [-0.05, 0) is 54.8 Å². The Bertz CT molecular complexity index is 1040. The third kappa shape index (κ3) is 3.10. The number of amides is 2. The van der Waals surface area contributed by atoms with Gasteiger partial charge in [0.05, 0.1) is 0 Å². The summed E-state index contributed by atoms with van der Waals surface area (Å²) in [4.78, 5) is 27.1. The van der Waals surface area contributed by atoms with Crippen molar-refractivity contribution in [3.63, 3.8) is 0 Å². The number of hydrogen-bond donors (Lipinski definition) is 1. The van der Waals surface area contributed by atoms with E-state index in [2.05, 4.69) is 16.5 Å². The number of nitrogens with zero attached hydrogens (tertiary/aromatic N) is 3. The van der Waals surface area contributed by atoms with E-state index in [1.54, 1.807) is 31.4 Å². The van der Waals surface area contributed by atoms with Gasteiger partial charge in [0.1, 0.15) is 5.69 Å². The number of para-hydroxylation sites is 1. The minimum atomic E-state index is -0.231. The van der Waals surface area contributed by atoms with E-state index >= 15 is 0 Å². The van der Waals surface area contributed by atoms with Crippen LogP contribution in [0.1, 0.15) is 32.0 Å². The molecule has 0 bridgehead atoms. The van der Waals surface area contributed by atoms with Gasteiger partial charge in [0, 0.05) is 36.7 Å². The second kappa shape index (κ2) is 6.72. The summed E-state index contributed by atoms with van der Waals surface area (Å²) < 4.78 is 1.52. The largest absolute Gasteiger partial charge is 0.320 e. The highest BCUT2D eigenvalue weighted by molar-refractivity contribution is 6.08. The second-order valence-corrected chi connectivity index (χ2v) is 6.66. The van der Waals surface area contributed by atoms with Gasteiger partial charge >= 0.3 is 0 Å². The zero-order chi connectivity index (χ0) is 19.0. The van der Waals surface area contributed by atoms with Crippen LogP contribution in [0.15, 0.2) is 54.7 Å². The lowest BCUT2D eigenvalue weighted by Gasteiger charge is -2.18. The standard InChI is InChI=1S/C21H20N4O2/c1-14-13-16(21(27)25-12-10-15-5-3-4-6-18(15)25)7-8-17(14)23-20(26)19-9-11-22-24(19)2/h3-9,11,13H,10,12H2,1-2H3,(H,23,26). The molecule has 0 saturated heterocycles. The van der Waals surface area contributed by atoms with Crippen molar-refractivity contribution >= 4 is 23.2 Å². The number of hydrogen-bond acceptors (Lipinski definition) is 3. The maximum Gasteiger partial charge on any atom is 0.273 e. The number of fused-ring (bicyclic) bond motifs is 1. The van der Waals surface area contributed by atoms with Crippen LogP contribution >= 0.6 is 0 Å². The van der Waals surface area contributed by atoms with Gasteiger partial charge in [-0.1, -0.05) is 18.2 Å². The summed E-state index contributed by atoms with van der Waals surface area (Å²) in [5.41, 5.74) is 4.78. The molecule has 0 aliphatic carbocycles. The van der Waals surface area contributed by atoms with Crippen LogP contribution in [-0.4, -0.2) is 28.1 Å². The molecule has 2 heterocycles. The normalized spacial score (nSPS) is 12.7. The van der Waals surface area contributed by atoms with Crippen LogP contribution in [-0.2, 0) is 13.5 Å². The lowest BCUT2D eigenvalue weighted by atomic mass is 10.1. The molecular weight excluding hydrogens is 340 g/mol. The fourth-order valence-electron chi connectivity index (χ4n) is 3.42. The maximum absolute atomic E-state index is 13.0. The van der Waals surface area contributed by atoms with E-state index in [1.807, 2.05) is 36.1 Å². The molecule has 0 fully saturated rings. The minimum Gasteiger partial charge on any atom is -0.320 e. The summed E-state index contributed by atoms with van der Waals surface area (Å²) in [6.45, 7) is 2.57. The van der Waals surface area contributed by atoms with Gasteiger partial charge in [0.25, 0.3) is 11.8 Å². The molecule has 1 aliphatic rings. The predicted octanol–water partition coefficient (Wildman–Crippen LogP) is 3.18. The minimum absolute atomic E-state index is 0.0208. The van der Waals surface area contributed by atoms with Crippen LogP contribution in [0.25, 0.3) is 0 Å². The van der Waals surface area contributed by atoms with Crippen LogP contribution in [0.4, 0.5) is 11.4 Å². The number of nitrogens with one attached hydrogen (secondary N) is 1. The first-order valence-corrected chi connectivity index (χ1v) is 8.84. The highest BCUT2D eigenvalue weighted by atomic mass is 16.2. The van der Waals surface area contributed by atoms with Gasteiger partial charge in [-0.15, -0.1) is 0 Å². The first-order valence-electron chi connectivity index (χ1n) is 8.84. The zero-order valence-corrected chi connectivity index (χ0v) is 15.3. The second-order valence-electron chi connectivity index (χ2n) is 6.66. The molecule has 27 heavy (non-hydrogen) atoms. The Kier molecular flexibility index (Phi) is 4.24.